The highest BCUT2D eigenvalue weighted by Gasteiger charge is 2.35. The normalized spacial score (nSPS) is 21.7. The van der Waals surface area contributed by atoms with Crippen molar-refractivity contribution in [2.75, 3.05) is 19.8 Å². The molecule has 23 heavy (non-hydrogen) atoms. The van der Waals surface area contributed by atoms with E-state index in [0.717, 1.165) is 50.0 Å². The van der Waals surface area contributed by atoms with Crippen molar-refractivity contribution < 1.29 is 19.4 Å². The van der Waals surface area contributed by atoms with Gasteiger partial charge in [-0.05, 0) is 42.7 Å². The summed E-state index contributed by atoms with van der Waals surface area (Å²) in [7, 11) is 0. The van der Waals surface area contributed by atoms with Crippen LogP contribution in [0.15, 0.2) is 24.3 Å². The monoisotopic (exact) mass is 317 g/mol. The van der Waals surface area contributed by atoms with Crippen LogP contribution in [0.1, 0.15) is 42.9 Å². The first kappa shape index (κ1) is 16.0. The van der Waals surface area contributed by atoms with Crippen LogP contribution < -0.4 is 0 Å². The lowest BCUT2D eigenvalue weighted by Gasteiger charge is -2.35. The van der Waals surface area contributed by atoms with E-state index in [4.69, 9.17) is 4.74 Å². The molecule has 2 heterocycles. The molecule has 1 atom stereocenters. The maximum atomic E-state index is 12.6. The maximum absolute atomic E-state index is 12.6. The minimum Gasteiger partial charge on any atom is -0.479 e. The van der Waals surface area contributed by atoms with Crippen molar-refractivity contribution in [3.8, 4) is 0 Å². The third-order valence-electron chi connectivity index (χ3n) is 4.94. The number of amides is 1. The lowest BCUT2D eigenvalue weighted by molar-refractivity contribution is -0.151. The minimum absolute atomic E-state index is 0.0432. The van der Waals surface area contributed by atoms with Gasteiger partial charge in [0.1, 0.15) is 0 Å². The van der Waals surface area contributed by atoms with Crippen LogP contribution in [0.4, 0.5) is 0 Å². The van der Waals surface area contributed by atoms with E-state index in [-0.39, 0.29) is 5.91 Å². The number of carbonyl (C=O) groups excluding carboxylic acids is 1. The Bertz CT molecular complexity index is 580. The maximum Gasteiger partial charge on any atom is 0.331 e. The second-order valence-corrected chi connectivity index (χ2v) is 6.37. The van der Waals surface area contributed by atoms with Crippen LogP contribution in [-0.4, -0.2) is 41.6 Å². The summed E-state index contributed by atoms with van der Waals surface area (Å²) >= 11 is 0. The predicted octanol–water partition coefficient (Wildman–Crippen LogP) is 2.40. The molecule has 1 amide bonds. The van der Waals surface area contributed by atoms with E-state index in [9.17, 15) is 14.7 Å². The number of ether oxygens (including phenoxy) is 1. The zero-order chi connectivity index (χ0) is 16.2. The van der Waals surface area contributed by atoms with Gasteiger partial charge < -0.3 is 14.7 Å². The largest absolute Gasteiger partial charge is 0.479 e. The second-order valence-electron chi connectivity index (χ2n) is 6.37. The van der Waals surface area contributed by atoms with Gasteiger partial charge in [0.15, 0.2) is 6.04 Å². The number of benzene rings is 1. The van der Waals surface area contributed by atoms with E-state index >= 15 is 0 Å². The summed E-state index contributed by atoms with van der Waals surface area (Å²) in [5.74, 6) is -0.469. The highest BCUT2D eigenvalue weighted by atomic mass is 16.5. The van der Waals surface area contributed by atoms with Gasteiger partial charge in [0.05, 0.1) is 0 Å². The Labute approximate surface area is 136 Å². The quantitative estimate of drug-likeness (QED) is 0.926. The highest BCUT2D eigenvalue weighted by molar-refractivity contribution is 5.85. The molecule has 1 N–H and O–H groups in total. The molecule has 0 aliphatic carbocycles. The van der Waals surface area contributed by atoms with Crippen LogP contribution >= 0.6 is 0 Å². The molecule has 2 aliphatic rings. The topological polar surface area (TPSA) is 66.8 Å². The highest BCUT2D eigenvalue weighted by Crippen LogP contribution is 2.31. The predicted molar refractivity (Wildman–Crippen MR) is 85.0 cm³/mol. The van der Waals surface area contributed by atoms with Gasteiger partial charge in [-0.25, -0.2) is 4.79 Å². The average Bonchev–Trinajstić information content (AvgIpc) is 2.59. The third-order valence-corrected chi connectivity index (χ3v) is 4.94. The Balaban J connectivity index is 1.68. The molecule has 1 unspecified atom stereocenters. The van der Waals surface area contributed by atoms with Crippen LogP contribution in [0.5, 0.6) is 0 Å². The standard InChI is InChI=1S/C18H23NO4/c20-16(6-5-13-8-11-23-12-9-13)19-10-7-14-3-1-2-4-15(14)17(19)18(21)22/h1-4,13,17H,5-12H2,(H,21,22). The molecular formula is C18H23NO4. The Morgan fingerprint density at radius 2 is 1.96 bits per heavy atom. The molecule has 1 aromatic rings. The first-order valence-electron chi connectivity index (χ1n) is 8.34. The molecular weight excluding hydrogens is 294 g/mol. The number of rotatable bonds is 4. The molecule has 3 rings (SSSR count). The molecule has 5 heteroatoms. The number of hydrogen-bond acceptors (Lipinski definition) is 3. The number of hydrogen-bond donors (Lipinski definition) is 1. The summed E-state index contributed by atoms with van der Waals surface area (Å²) in [6, 6.07) is 6.69. The summed E-state index contributed by atoms with van der Waals surface area (Å²) in [5.41, 5.74) is 1.79. The van der Waals surface area contributed by atoms with E-state index in [1.165, 1.54) is 0 Å². The van der Waals surface area contributed by atoms with Crippen LogP contribution in [0.2, 0.25) is 0 Å². The van der Waals surface area contributed by atoms with Gasteiger partial charge in [0.2, 0.25) is 5.91 Å². The number of carbonyl (C=O) groups is 2. The molecule has 1 fully saturated rings. The Morgan fingerprint density at radius 1 is 1.22 bits per heavy atom. The number of fused-ring (bicyclic) bond motifs is 1. The summed E-state index contributed by atoms with van der Waals surface area (Å²) in [6.07, 6.45) is 3.98. The first-order chi connectivity index (χ1) is 11.2. The van der Waals surface area contributed by atoms with E-state index in [1.54, 1.807) is 4.90 Å². The summed E-state index contributed by atoms with van der Waals surface area (Å²) in [6.45, 7) is 2.03. The Kier molecular flexibility index (Phi) is 4.96. The summed E-state index contributed by atoms with van der Waals surface area (Å²) < 4.78 is 5.34. The Morgan fingerprint density at radius 3 is 2.70 bits per heavy atom. The molecule has 5 nitrogen and oxygen atoms in total. The van der Waals surface area contributed by atoms with E-state index < -0.39 is 12.0 Å². The average molecular weight is 317 g/mol. The van der Waals surface area contributed by atoms with Crippen molar-refractivity contribution in [3.05, 3.63) is 35.4 Å². The van der Waals surface area contributed by atoms with Crippen molar-refractivity contribution in [1.82, 2.24) is 4.90 Å². The number of carboxylic acid groups (broad SMARTS) is 1. The van der Waals surface area contributed by atoms with E-state index in [2.05, 4.69) is 0 Å². The number of aliphatic carboxylic acids is 1. The number of carboxylic acids is 1. The lowest BCUT2D eigenvalue weighted by Crippen LogP contribution is -2.43. The van der Waals surface area contributed by atoms with Crippen molar-refractivity contribution in [3.63, 3.8) is 0 Å². The van der Waals surface area contributed by atoms with Crippen molar-refractivity contribution in [2.45, 2.75) is 38.1 Å². The van der Waals surface area contributed by atoms with Gasteiger partial charge in [-0.2, -0.15) is 0 Å². The van der Waals surface area contributed by atoms with Gasteiger partial charge in [-0.3, -0.25) is 4.79 Å². The van der Waals surface area contributed by atoms with Gasteiger partial charge in [0, 0.05) is 26.2 Å². The molecule has 1 saturated heterocycles. The van der Waals surface area contributed by atoms with Crippen molar-refractivity contribution in [1.29, 1.82) is 0 Å². The fraction of sp³-hybridized carbons (Fsp3) is 0.556. The summed E-state index contributed by atoms with van der Waals surface area (Å²) in [4.78, 5) is 25.9. The molecule has 2 aliphatic heterocycles. The van der Waals surface area contributed by atoms with Crippen LogP contribution in [-0.2, 0) is 20.7 Å². The zero-order valence-electron chi connectivity index (χ0n) is 13.2. The molecule has 0 radical (unpaired) electrons. The fourth-order valence-electron chi connectivity index (χ4n) is 3.61. The third kappa shape index (κ3) is 3.55. The van der Waals surface area contributed by atoms with E-state index in [1.807, 2.05) is 24.3 Å². The molecule has 124 valence electrons. The summed E-state index contributed by atoms with van der Waals surface area (Å²) in [5, 5.41) is 9.61. The van der Waals surface area contributed by atoms with Crippen molar-refractivity contribution >= 4 is 11.9 Å². The van der Waals surface area contributed by atoms with E-state index in [0.29, 0.717) is 18.9 Å². The molecule has 0 spiro atoms. The SMILES string of the molecule is O=C(O)C1c2ccccc2CCN1C(=O)CCC1CCOCC1. The molecule has 0 aromatic heterocycles. The molecule has 0 saturated carbocycles. The van der Waals surface area contributed by atoms with Crippen molar-refractivity contribution in [2.24, 2.45) is 5.92 Å². The van der Waals surface area contributed by atoms with Crippen LogP contribution in [0.25, 0.3) is 0 Å². The minimum atomic E-state index is -0.948. The van der Waals surface area contributed by atoms with Gasteiger partial charge in [0.25, 0.3) is 0 Å². The van der Waals surface area contributed by atoms with Gasteiger partial charge in [-0.1, -0.05) is 24.3 Å². The first-order valence-corrected chi connectivity index (χ1v) is 8.34. The zero-order valence-corrected chi connectivity index (χ0v) is 13.2. The molecule has 0 bridgehead atoms. The van der Waals surface area contributed by atoms with Gasteiger partial charge >= 0.3 is 5.97 Å². The van der Waals surface area contributed by atoms with Crippen LogP contribution in [0, 0.1) is 5.92 Å². The van der Waals surface area contributed by atoms with Crippen LogP contribution in [0.3, 0.4) is 0 Å². The van der Waals surface area contributed by atoms with Gasteiger partial charge in [-0.15, -0.1) is 0 Å². The number of nitrogens with zero attached hydrogens (tertiary/aromatic N) is 1. The Hall–Kier alpha value is -1.88. The fourth-order valence-corrected chi connectivity index (χ4v) is 3.61. The lowest BCUT2D eigenvalue weighted by atomic mass is 9.91. The second kappa shape index (κ2) is 7.13. The smallest absolute Gasteiger partial charge is 0.331 e. The molecule has 1 aromatic carbocycles.